The van der Waals surface area contributed by atoms with Gasteiger partial charge in [0.05, 0.1) is 11.9 Å². The van der Waals surface area contributed by atoms with E-state index in [9.17, 15) is 0 Å². The molecule has 0 atom stereocenters. The molecule has 2 N–H and O–H groups in total. The smallest absolute Gasteiger partial charge is 0.0710 e. The van der Waals surface area contributed by atoms with Crippen LogP contribution in [-0.2, 0) is 6.54 Å². The molecule has 2 aromatic heterocycles. The number of aromatic amines is 1. The van der Waals surface area contributed by atoms with Crippen LogP contribution >= 0.6 is 0 Å². The van der Waals surface area contributed by atoms with Gasteiger partial charge < -0.3 is 5.32 Å². The number of H-pyrrole nitrogens is 1. The van der Waals surface area contributed by atoms with Crippen molar-refractivity contribution < 1.29 is 0 Å². The first-order chi connectivity index (χ1) is 9.43. The van der Waals surface area contributed by atoms with Crippen LogP contribution in [0.2, 0.25) is 0 Å². The van der Waals surface area contributed by atoms with E-state index in [1.807, 2.05) is 18.5 Å². The molecule has 0 aliphatic heterocycles. The quantitative estimate of drug-likeness (QED) is 0.749. The first kappa shape index (κ1) is 12.4. The molecular formula is C15H20N4. The first-order valence-electron chi connectivity index (χ1n) is 7.07. The van der Waals surface area contributed by atoms with E-state index < -0.39 is 0 Å². The normalized spacial score (nSPS) is 14.7. The highest BCUT2D eigenvalue weighted by atomic mass is 15.1. The number of hydrogen-bond donors (Lipinski definition) is 2. The van der Waals surface area contributed by atoms with E-state index >= 15 is 0 Å². The second kappa shape index (κ2) is 5.97. The van der Waals surface area contributed by atoms with Gasteiger partial charge in [0, 0.05) is 30.1 Å². The second-order valence-corrected chi connectivity index (χ2v) is 5.27. The van der Waals surface area contributed by atoms with Gasteiger partial charge in [-0.05, 0) is 37.4 Å². The van der Waals surface area contributed by atoms with Crippen LogP contribution in [0.1, 0.15) is 31.2 Å². The van der Waals surface area contributed by atoms with Crippen molar-refractivity contribution in [1.82, 2.24) is 20.5 Å². The molecule has 2 aromatic rings. The van der Waals surface area contributed by atoms with Crippen LogP contribution in [0.3, 0.4) is 0 Å². The summed E-state index contributed by atoms with van der Waals surface area (Å²) < 4.78 is 0. The highest BCUT2D eigenvalue weighted by molar-refractivity contribution is 5.61. The maximum absolute atomic E-state index is 4.15. The minimum absolute atomic E-state index is 0.866. The molecule has 0 radical (unpaired) electrons. The molecule has 1 aliphatic rings. The fourth-order valence-corrected chi connectivity index (χ4v) is 2.35. The number of hydrogen-bond acceptors (Lipinski definition) is 3. The largest absolute Gasteiger partial charge is 0.313 e. The van der Waals surface area contributed by atoms with E-state index in [1.165, 1.54) is 31.2 Å². The summed E-state index contributed by atoms with van der Waals surface area (Å²) in [7, 11) is 0. The van der Waals surface area contributed by atoms with Crippen molar-refractivity contribution in [3.8, 4) is 11.3 Å². The predicted octanol–water partition coefficient (Wildman–Crippen LogP) is 2.75. The van der Waals surface area contributed by atoms with Crippen molar-refractivity contribution >= 4 is 0 Å². The van der Waals surface area contributed by atoms with Gasteiger partial charge in [0.25, 0.3) is 0 Å². The van der Waals surface area contributed by atoms with Gasteiger partial charge in [0.2, 0.25) is 0 Å². The lowest BCUT2D eigenvalue weighted by Gasteiger charge is -2.05. The van der Waals surface area contributed by atoms with Gasteiger partial charge >= 0.3 is 0 Å². The molecule has 1 aliphatic carbocycles. The van der Waals surface area contributed by atoms with E-state index in [4.69, 9.17) is 0 Å². The lowest BCUT2D eigenvalue weighted by atomic mass is 10.1. The molecule has 1 saturated carbocycles. The Morgan fingerprint density at radius 2 is 2.26 bits per heavy atom. The SMILES string of the molecule is c1cncc(-c2[nH]ncc2CNCCCC2CC2)c1. The van der Waals surface area contributed by atoms with Crippen LogP contribution < -0.4 is 5.32 Å². The molecule has 0 aromatic carbocycles. The Morgan fingerprint density at radius 3 is 3.05 bits per heavy atom. The summed E-state index contributed by atoms with van der Waals surface area (Å²) >= 11 is 0. The lowest BCUT2D eigenvalue weighted by molar-refractivity contribution is 0.594. The molecule has 0 spiro atoms. The van der Waals surface area contributed by atoms with Gasteiger partial charge in [-0.2, -0.15) is 5.10 Å². The van der Waals surface area contributed by atoms with E-state index in [1.54, 1.807) is 6.20 Å². The Bertz CT molecular complexity index is 502. The number of pyridine rings is 1. The molecular weight excluding hydrogens is 236 g/mol. The monoisotopic (exact) mass is 256 g/mol. The molecule has 3 rings (SSSR count). The molecule has 0 amide bonds. The van der Waals surface area contributed by atoms with Crippen molar-refractivity contribution in [2.45, 2.75) is 32.2 Å². The molecule has 19 heavy (non-hydrogen) atoms. The summed E-state index contributed by atoms with van der Waals surface area (Å²) in [6, 6.07) is 4.00. The van der Waals surface area contributed by atoms with Gasteiger partial charge in [-0.1, -0.05) is 12.8 Å². The van der Waals surface area contributed by atoms with Crippen LogP contribution in [-0.4, -0.2) is 21.7 Å². The Morgan fingerprint density at radius 1 is 1.32 bits per heavy atom. The zero-order valence-corrected chi connectivity index (χ0v) is 11.1. The third-order valence-corrected chi connectivity index (χ3v) is 3.65. The van der Waals surface area contributed by atoms with Gasteiger partial charge in [0.15, 0.2) is 0 Å². The number of nitrogens with one attached hydrogen (secondary N) is 2. The summed E-state index contributed by atoms with van der Waals surface area (Å²) in [5.41, 5.74) is 3.37. The molecule has 0 unspecified atom stereocenters. The molecule has 0 bridgehead atoms. The molecule has 1 fully saturated rings. The third kappa shape index (κ3) is 3.41. The van der Waals surface area contributed by atoms with Crippen molar-refractivity contribution in [3.05, 3.63) is 36.3 Å². The number of nitrogens with zero attached hydrogens (tertiary/aromatic N) is 2. The summed E-state index contributed by atoms with van der Waals surface area (Å²) in [6.45, 7) is 1.96. The van der Waals surface area contributed by atoms with E-state index in [2.05, 4.69) is 26.6 Å². The minimum Gasteiger partial charge on any atom is -0.313 e. The Balaban J connectivity index is 1.51. The zero-order valence-electron chi connectivity index (χ0n) is 11.1. The van der Waals surface area contributed by atoms with E-state index in [0.717, 1.165) is 30.3 Å². The standard InChI is InChI=1S/C15H20N4/c1(3-12-5-6-12)7-17-10-14-11-18-19-15(14)13-4-2-8-16-9-13/h2,4,8-9,11-12,17H,1,3,5-7,10H2,(H,18,19). The maximum atomic E-state index is 4.15. The van der Waals surface area contributed by atoms with E-state index in [0.29, 0.717) is 0 Å². The summed E-state index contributed by atoms with van der Waals surface area (Å²) in [6.07, 6.45) is 11.1. The van der Waals surface area contributed by atoms with Gasteiger partial charge in [-0.25, -0.2) is 0 Å². The summed E-state index contributed by atoms with van der Waals surface area (Å²) in [4.78, 5) is 4.15. The second-order valence-electron chi connectivity index (χ2n) is 5.27. The predicted molar refractivity (Wildman–Crippen MR) is 75.5 cm³/mol. The minimum atomic E-state index is 0.866. The zero-order chi connectivity index (χ0) is 12.9. The highest BCUT2D eigenvalue weighted by Gasteiger charge is 2.19. The number of aromatic nitrogens is 3. The molecule has 4 nitrogen and oxygen atoms in total. The van der Waals surface area contributed by atoms with Crippen molar-refractivity contribution in [3.63, 3.8) is 0 Å². The Kier molecular flexibility index (Phi) is 3.89. The Hall–Kier alpha value is -1.68. The van der Waals surface area contributed by atoms with Crippen LogP contribution in [0.25, 0.3) is 11.3 Å². The highest BCUT2D eigenvalue weighted by Crippen LogP contribution is 2.33. The average Bonchev–Trinajstić information content (AvgIpc) is 3.16. The first-order valence-corrected chi connectivity index (χ1v) is 7.07. The van der Waals surface area contributed by atoms with Crippen molar-refractivity contribution in [2.75, 3.05) is 6.54 Å². The fraction of sp³-hybridized carbons (Fsp3) is 0.467. The van der Waals surface area contributed by atoms with Crippen molar-refractivity contribution in [1.29, 1.82) is 0 Å². The van der Waals surface area contributed by atoms with E-state index in [-0.39, 0.29) is 0 Å². The number of rotatable bonds is 7. The molecule has 4 heteroatoms. The van der Waals surface area contributed by atoms with Crippen LogP contribution in [0, 0.1) is 5.92 Å². The topological polar surface area (TPSA) is 53.6 Å². The third-order valence-electron chi connectivity index (χ3n) is 3.65. The van der Waals surface area contributed by atoms with Crippen molar-refractivity contribution in [2.24, 2.45) is 5.92 Å². The van der Waals surface area contributed by atoms with Crippen LogP contribution in [0.4, 0.5) is 0 Å². The fourth-order valence-electron chi connectivity index (χ4n) is 2.35. The van der Waals surface area contributed by atoms with Gasteiger partial charge in [-0.15, -0.1) is 0 Å². The molecule has 2 heterocycles. The van der Waals surface area contributed by atoms with Gasteiger partial charge in [0.1, 0.15) is 0 Å². The Labute approximate surface area is 113 Å². The molecule has 100 valence electrons. The summed E-state index contributed by atoms with van der Waals surface area (Å²) in [5, 5.41) is 10.7. The van der Waals surface area contributed by atoms with Crippen LogP contribution in [0.15, 0.2) is 30.7 Å². The van der Waals surface area contributed by atoms with Gasteiger partial charge in [-0.3, -0.25) is 10.1 Å². The summed E-state index contributed by atoms with van der Waals surface area (Å²) in [5.74, 6) is 1.03. The van der Waals surface area contributed by atoms with Crippen LogP contribution in [0.5, 0.6) is 0 Å². The molecule has 0 saturated heterocycles. The maximum Gasteiger partial charge on any atom is 0.0710 e. The lowest BCUT2D eigenvalue weighted by Crippen LogP contribution is -2.15. The average molecular weight is 256 g/mol.